The normalized spacial score (nSPS) is 24.3. The van der Waals surface area contributed by atoms with E-state index in [1.807, 2.05) is 12.1 Å². The zero-order valence-electron chi connectivity index (χ0n) is 15.5. The lowest BCUT2D eigenvalue weighted by atomic mass is 9.96. The number of carbonyl (C=O) groups is 1. The Labute approximate surface area is 162 Å². The van der Waals surface area contributed by atoms with E-state index in [9.17, 15) is 18.0 Å². The minimum Gasteiger partial charge on any atom is -0.349 e. The summed E-state index contributed by atoms with van der Waals surface area (Å²) >= 11 is 0. The van der Waals surface area contributed by atoms with Gasteiger partial charge in [-0.15, -0.1) is 0 Å². The zero-order chi connectivity index (χ0) is 19.7. The smallest absolute Gasteiger partial charge is 0.254 e. The molecule has 3 nitrogen and oxygen atoms in total. The molecule has 2 atom stereocenters. The van der Waals surface area contributed by atoms with E-state index in [0.29, 0.717) is 12.1 Å². The minimum absolute atomic E-state index is 0.00322. The van der Waals surface area contributed by atoms with Crippen molar-refractivity contribution >= 4 is 5.91 Å². The highest BCUT2D eigenvalue weighted by Gasteiger charge is 2.40. The van der Waals surface area contributed by atoms with Crippen LogP contribution in [0.3, 0.4) is 0 Å². The van der Waals surface area contributed by atoms with E-state index in [0.717, 1.165) is 56.3 Å². The Hall–Kier alpha value is -2.34. The fourth-order valence-electron chi connectivity index (χ4n) is 4.60. The van der Waals surface area contributed by atoms with Crippen molar-refractivity contribution < 1.29 is 18.0 Å². The highest BCUT2D eigenvalue weighted by molar-refractivity contribution is 5.94. The summed E-state index contributed by atoms with van der Waals surface area (Å²) in [6, 6.07) is 10.4. The number of nitrogens with zero attached hydrogens (tertiary/aromatic N) is 1. The van der Waals surface area contributed by atoms with Gasteiger partial charge >= 0.3 is 0 Å². The molecule has 0 aromatic heterocycles. The second-order valence-corrected chi connectivity index (χ2v) is 7.77. The third kappa shape index (κ3) is 4.07. The lowest BCUT2D eigenvalue weighted by molar-refractivity contribution is 0.0844. The van der Waals surface area contributed by atoms with Crippen molar-refractivity contribution in [1.82, 2.24) is 10.2 Å². The monoisotopic (exact) mass is 388 g/mol. The third-order valence-corrected chi connectivity index (χ3v) is 5.97. The number of rotatable bonds is 5. The van der Waals surface area contributed by atoms with Crippen molar-refractivity contribution in [1.29, 1.82) is 0 Å². The number of piperidine rings is 1. The van der Waals surface area contributed by atoms with E-state index >= 15 is 0 Å². The zero-order valence-corrected chi connectivity index (χ0v) is 15.5. The highest BCUT2D eigenvalue weighted by atomic mass is 19.1. The van der Waals surface area contributed by atoms with Crippen LogP contribution in [-0.2, 0) is 6.42 Å². The van der Waals surface area contributed by atoms with Crippen molar-refractivity contribution in [2.45, 2.75) is 50.2 Å². The van der Waals surface area contributed by atoms with Gasteiger partial charge in [-0.2, -0.15) is 0 Å². The number of carbonyl (C=O) groups excluding carboxylic acids is 1. The maximum absolute atomic E-state index is 13.8. The summed E-state index contributed by atoms with van der Waals surface area (Å²) in [6.07, 6.45) is 4.70. The van der Waals surface area contributed by atoms with Gasteiger partial charge < -0.3 is 5.32 Å². The molecule has 2 aliphatic rings. The van der Waals surface area contributed by atoms with Crippen LogP contribution < -0.4 is 5.32 Å². The van der Waals surface area contributed by atoms with Crippen molar-refractivity contribution in [3.8, 4) is 0 Å². The van der Waals surface area contributed by atoms with Crippen molar-refractivity contribution in [3.05, 3.63) is 71.0 Å². The van der Waals surface area contributed by atoms with Crippen LogP contribution in [0, 0.1) is 17.5 Å². The number of hydrogen-bond acceptors (Lipinski definition) is 2. The van der Waals surface area contributed by atoms with Crippen molar-refractivity contribution in [2.24, 2.45) is 0 Å². The standard InChI is InChI=1S/C22H23F3N2O/c23-15-3-1-14(2-4-15)9-10-27-18-6-7-19(27)13-17(12-18)26-22(28)20-8-5-16(24)11-21(20)25/h1-5,8,11,17-19H,6-7,9-10,12-13H2,(H,26,28). The quantitative estimate of drug-likeness (QED) is 0.837. The average molecular weight is 388 g/mol. The van der Waals surface area contributed by atoms with Gasteiger partial charge in [-0.1, -0.05) is 12.1 Å². The lowest BCUT2D eigenvalue weighted by Crippen LogP contribution is -2.50. The average Bonchev–Trinajstić information content (AvgIpc) is 2.90. The molecule has 2 saturated heterocycles. The summed E-state index contributed by atoms with van der Waals surface area (Å²) in [5, 5.41) is 2.93. The molecule has 2 aliphatic heterocycles. The van der Waals surface area contributed by atoms with Gasteiger partial charge in [0.05, 0.1) is 5.56 Å². The Morgan fingerprint density at radius 1 is 0.964 bits per heavy atom. The molecule has 2 bridgehead atoms. The van der Waals surface area contributed by atoms with Gasteiger partial charge in [-0.25, -0.2) is 13.2 Å². The van der Waals surface area contributed by atoms with Gasteiger partial charge in [0.15, 0.2) is 0 Å². The molecule has 2 aromatic carbocycles. The lowest BCUT2D eigenvalue weighted by Gasteiger charge is -2.39. The molecule has 28 heavy (non-hydrogen) atoms. The molecule has 0 spiro atoms. The van der Waals surface area contributed by atoms with Crippen LogP contribution in [0.5, 0.6) is 0 Å². The van der Waals surface area contributed by atoms with Crippen LogP contribution in [0.15, 0.2) is 42.5 Å². The first-order valence-electron chi connectivity index (χ1n) is 9.75. The summed E-state index contributed by atoms with van der Waals surface area (Å²) in [4.78, 5) is 14.9. The molecular formula is C22H23F3N2O. The largest absolute Gasteiger partial charge is 0.349 e. The predicted molar refractivity (Wildman–Crippen MR) is 100 cm³/mol. The first kappa shape index (κ1) is 19.0. The van der Waals surface area contributed by atoms with Crippen LogP contribution in [-0.4, -0.2) is 35.5 Å². The fourth-order valence-corrected chi connectivity index (χ4v) is 4.60. The summed E-state index contributed by atoms with van der Waals surface area (Å²) in [5.74, 6) is -2.24. The summed E-state index contributed by atoms with van der Waals surface area (Å²) in [5.41, 5.74) is 0.996. The van der Waals surface area contributed by atoms with Crippen LogP contribution in [0.25, 0.3) is 0 Å². The predicted octanol–water partition coefficient (Wildman–Crippen LogP) is 4.07. The Balaban J connectivity index is 1.34. The van der Waals surface area contributed by atoms with Crippen molar-refractivity contribution in [3.63, 3.8) is 0 Å². The molecule has 2 unspecified atom stereocenters. The van der Waals surface area contributed by atoms with Gasteiger partial charge in [-0.05, 0) is 61.9 Å². The number of amides is 1. The molecule has 2 aromatic rings. The van der Waals surface area contributed by atoms with Crippen LogP contribution >= 0.6 is 0 Å². The molecule has 2 heterocycles. The SMILES string of the molecule is O=C(NC1CC2CCC(C1)N2CCc1ccc(F)cc1)c1ccc(F)cc1F. The highest BCUT2D eigenvalue weighted by Crippen LogP contribution is 2.36. The van der Waals surface area contributed by atoms with Crippen LogP contribution in [0.1, 0.15) is 41.6 Å². The maximum Gasteiger partial charge on any atom is 0.254 e. The van der Waals surface area contributed by atoms with E-state index in [-0.39, 0.29) is 17.4 Å². The van der Waals surface area contributed by atoms with E-state index in [1.54, 1.807) is 0 Å². The molecular weight excluding hydrogens is 365 g/mol. The molecule has 1 amide bonds. The van der Waals surface area contributed by atoms with E-state index < -0.39 is 17.5 Å². The van der Waals surface area contributed by atoms with Gasteiger partial charge in [0.25, 0.3) is 5.91 Å². The van der Waals surface area contributed by atoms with E-state index in [4.69, 9.17) is 0 Å². The van der Waals surface area contributed by atoms with Crippen LogP contribution in [0.2, 0.25) is 0 Å². The molecule has 1 N–H and O–H groups in total. The molecule has 4 rings (SSSR count). The molecule has 0 aliphatic carbocycles. The minimum atomic E-state index is -0.836. The first-order valence-corrected chi connectivity index (χ1v) is 9.75. The Morgan fingerprint density at radius 2 is 1.61 bits per heavy atom. The summed E-state index contributed by atoms with van der Waals surface area (Å²) < 4.78 is 39.9. The first-order chi connectivity index (χ1) is 13.5. The number of benzene rings is 2. The second-order valence-electron chi connectivity index (χ2n) is 7.77. The summed E-state index contributed by atoms with van der Waals surface area (Å²) in [7, 11) is 0. The third-order valence-electron chi connectivity index (χ3n) is 5.97. The topological polar surface area (TPSA) is 32.3 Å². The number of halogens is 3. The Morgan fingerprint density at radius 3 is 2.25 bits per heavy atom. The molecule has 0 saturated carbocycles. The maximum atomic E-state index is 13.8. The summed E-state index contributed by atoms with van der Waals surface area (Å²) in [6.45, 7) is 0.911. The Bertz CT molecular complexity index is 841. The molecule has 6 heteroatoms. The number of hydrogen-bond donors (Lipinski definition) is 1. The van der Waals surface area contributed by atoms with Gasteiger partial charge in [0, 0.05) is 30.7 Å². The van der Waals surface area contributed by atoms with E-state index in [1.165, 1.54) is 18.2 Å². The van der Waals surface area contributed by atoms with E-state index in [2.05, 4.69) is 10.2 Å². The van der Waals surface area contributed by atoms with Crippen molar-refractivity contribution in [2.75, 3.05) is 6.54 Å². The number of nitrogens with one attached hydrogen (secondary N) is 1. The number of fused-ring (bicyclic) bond motifs is 2. The second kappa shape index (κ2) is 7.95. The van der Waals surface area contributed by atoms with Gasteiger partial charge in [0.1, 0.15) is 17.5 Å². The van der Waals surface area contributed by atoms with Gasteiger partial charge in [-0.3, -0.25) is 9.69 Å². The molecule has 0 radical (unpaired) electrons. The molecule has 2 fully saturated rings. The van der Waals surface area contributed by atoms with Gasteiger partial charge in [0.2, 0.25) is 0 Å². The molecule has 148 valence electrons. The van der Waals surface area contributed by atoms with Crippen LogP contribution in [0.4, 0.5) is 13.2 Å². The Kier molecular flexibility index (Phi) is 5.40. The fraction of sp³-hybridized carbons (Fsp3) is 0.409.